The maximum absolute atomic E-state index is 12.2. The molecule has 0 saturated heterocycles. The van der Waals surface area contributed by atoms with Gasteiger partial charge in [-0.15, -0.1) is 0 Å². The van der Waals surface area contributed by atoms with Gasteiger partial charge < -0.3 is 14.4 Å². The first-order valence-electron chi connectivity index (χ1n) is 6.21. The molecule has 8 heteroatoms. The van der Waals surface area contributed by atoms with E-state index in [-0.39, 0.29) is 22.9 Å². The number of fused-ring (bicyclic) bond motifs is 1. The van der Waals surface area contributed by atoms with Crippen LogP contribution in [0.25, 0.3) is 10.9 Å². The minimum Gasteiger partial charge on any atom is -0.449 e. The molecule has 0 spiro atoms. The van der Waals surface area contributed by atoms with Crippen molar-refractivity contribution in [1.29, 1.82) is 0 Å². The van der Waals surface area contributed by atoms with Crippen LogP contribution in [0.15, 0.2) is 29.2 Å². The number of carbonyl (C=O) groups is 1. The summed E-state index contributed by atoms with van der Waals surface area (Å²) in [5.41, 5.74) is -0.367. The molecule has 1 fully saturated rings. The Balaban J connectivity index is 2.30. The van der Waals surface area contributed by atoms with Crippen LogP contribution in [0.3, 0.4) is 0 Å². The molecule has 108 valence electrons. The summed E-state index contributed by atoms with van der Waals surface area (Å²) in [5.74, 6) is -0.345. The molecular formula is C13H10N2O6. The molecule has 1 aliphatic carbocycles. The van der Waals surface area contributed by atoms with Gasteiger partial charge in [0.2, 0.25) is 5.43 Å². The van der Waals surface area contributed by atoms with Crippen LogP contribution in [0, 0.1) is 10.1 Å². The van der Waals surface area contributed by atoms with E-state index in [2.05, 4.69) is 4.74 Å². The van der Waals surface area contributed by atoms with Gasteiger partial charge in [0.1, 0.15) is 0 Å². The number of nitro groups is 1. The van der Waals surface area contributed by atoms with Crippen LogP contribution in [-0.4, -0.2) is 20.8 Å². The fourth-order valence-corrected chi connectivity index (χ4v) is 2.25. The van der Waals surface area contributed by atoms with Crippen LogP contribution in [0.5, 0.6) is 5.75 Å². The van der Waals surface area contributed by atoms with Crippen LogP contribution in [0.4, 0.5) is 10.5 Å². The first-order chi connectivity index (χ1) is 9.97. The lowest BCUT2D eigenvalue weighted by molar-refractivity contribution is -0.384. The Labute approximate surface area is 117 Å². The molecule has 1 heterocycles. The standard InChI is InChI=1S/C13H10N2O6/c16-12-9-5-8(15(19)20)3-4-10(9)14(7-1-2-7)6-11(12)21-13(17)18/h3-7H,1-2H2,(H,17,18). The van der Waals surface area contributed by atoms with E-state index in [1.807, 2.05) is 0 Å². The highest BCUT2D eigenvalue weighted by Crippen LogP contribution is 2.38. The summed E-state index contributed by atoms with van der Waals surface area (Å²) in [7, 11) is 0. The van der Waals surface area contributed by atoms with Gasteiger partial charge in [0.15, 0.2) is 5.75 Å². The Morgan fingerprint density at radius 1 is 1.43 bits per heavy atom. The lowest BCUT2D eigenvalue weighted by Crippen LogP contribution is -2.16. The molecule has 1 aromatic carbocycles. The van der Waals surface area contributed by atoms with Gasteiger partial charge in [-0.3, -0.25) is 14.9 Å². The van der Waals surface area contributed by atoms with Crippen LogP contribution >= 0.6 is 0 Å². The van der Waals surface area contributed by atoms with E-state index >= 15 is 0 Å². The third-order valence-electron chi connectivity index (χ3n) is 3.33. The lowest BCUT2D eigenvalue weighted by atomic mass is 10.1. The maximum atomic E-state index is 12.2. The molecule has 21 heavy (non-hydrogen) atoms. The van der Waals surface area contributed by atoms with Crippen molar-refractivity contribution < 1.29 is 19.6 Å². The maximum Gasteiger partial charge on any atom is 0.511 e. The van der Waals surface area contributed by atoms with Crippen LogP contribution in [0.1, 0.15) is 18.9 Å². The molecule has 1 N–H and O–H groups in total. The van der Waals surface area contributed by atoms with Gasteiger partial charge in [0.05, 0.1) is 22.0 Å². The number of benzene rings is 1. The molecule has 0 atom stereocenters. The number of hydrogen-bond acceptors (Lipinski definition) is 5. The summed E-state index contributed by atoms with van der Waals surface area (Å²) in [4.78, 5) is 33.1. The first-order valence-corrected chi connectivity index (χ1v) is 6.21. The van der Waals surface area contributed by atoms with Crippen LogP contribution in [-0.2, 0) is 0 Å². The van der Waals surface area contributed by atoms with E-state index in [0.29, 0.717) is 5.52 Å². The Hall–Kier alpha value is -2.90. The van der Waals surface area contributed by atoms with Gasteiger partial charge in [-0.2, -0.15) is 0 Å². The number of rotatable bonds is 3. The van der Waals surface area contributed by atoms with E-state index in [0.717, 1.165) is 18.9 Å². The number of hydrogen-bond donors (Lipinski definition) is 1. The molecule has 1 saturated carbocycles. The van der Waals surface area contributed by atoms with Gasteiger partial charge in [-0.05, 0) is 18.9 Å². The monoisotopic (exact) mass is 290 g/mol. The van der Waals surface area contributed by atoms with Crippen molar-refractivity contribution in [1.82, 2.24) is 4.57 Å². The Bertz CT molecular complexity index is 821. The van der Waals surface area contributed by atoms with E-state index in [1.165, 1.54) is 18.3 Å². The predicted octanol–water partition coefficient (Wildman–Crippen LogP) is 2.30. The fraction of sp³-hybridized carbons (Fsp3) is 0.231. The van der Waals surface area contributed by atoms with Gasteiger partial charge in [0, 0.05) is 18.2 Å². The average molecular weight is 290 g/mol. The third-order valence-corrected chi connectivity index (χ3v) is 3.33. The second kappa shape index (κ2) is 4.58. The molecule has 1 aliphatic rings. The fourth-order valence-electron chi connectivity index (χ4n) is 2.25. The molecule has 0 bridgehead atoms. The number of nitro benzene ring substituents is 1. The Morgan fingerprint density at radius 2 is 2.14 bits per heavy atom. The molecule has 0 radical (unpaired) electrons. The zero-order valence-corrected chi connectivity index (χ0v) is 10.7. The zero-order valence-electron chi connectivity index (χ0n) is 10.7. The summed E-state index contributed by atoms with van der Waals surface area (Å²) in [6.45, 7) is 0. The SMILES string of the molecule is O=C(O)Oc1cn(C2CC2)c2ccc([N+](=O)[O-])cc2c1=O. The van der Waals surface area contributed by atoms with Crippen molar-refractivity contribution in [3.63, 3.8) is 0 Å². The van der Waals surface area contributed by atoms with E-state index in [4.69, 9.17) is 5.11 Å². The van der Waals surface area contributed by atoms with Gasteiger partial charge in [-0.25, -0.2) is 4.79 Å². The van der Waals surface area contributed by atoms with Crippen molar-refractivity contribution in [2.45, 2.75) is 18.9 Å². The van der Waals surface area contributed by atoms with Crippen molar-refractivity contribution in [3.8, 4) is 5.75 Å². The first kappa shape index (κ1) is 13.1. The quantitative estimate of drug-likeness (QED) is 0.527. The van der Waals surface area contributed by atoms with Crippen LogP contribution < -0.4 is 10.2 Å². The highest BCUT2D eigenvalue weighted by Gasteiger charge is 2.27. The second-order valence-electron chi connectivity index (χ2n) is 4.79. The summed E-state index contributed by atoms with van der Waals surface area (Å²) in [6, 6.07) is 4.12. The summed E-state index contributed by atoms with van der Waals surface area (Å²) < 4.78 is 6.22. The van der Waals surface area contributed by atoms with Crippen LogP contribution in [0.2, 0.25) is 0 Å². The van der Waals surface area contributed by atoms with E-state index < -0.39 is 16.5 Å². The highest BCUT2D eigenvalue weighted by atomic mass is 16.7. The van der Waals surface area contributed by atoms with Gasteiger partial charge in [0.25, 0.3) is 5.69 Å². The largest absolute Gasteiger partial charge is 0.511 e. The molecular weight excluding hydrogens is 280 g/mol. The van der Waals surface area contributed by atoms with E-state index in [1.54, 1.807) is 4.57 Å². The Morgan fingerprint density at radius 3 is 2.71 bits per heavy atom. The van der Waals surface area contributed by atoms with Crippen molar-refractivity contribution in [2.75, 3.05) is 0 Å². The van der Waals surface area contributed by atoms with Crippen molar-refractivity contribution in [3.05, 3.63) is 44.7 Å². The topological polar surface area (TPSA) is 112 Å². The van der Waals surface area contributed by atoms with Crippen molar-refractivity contribution in [2.24, 2.45) is 0 Å². The number of carboxylic acid groups (broad SMARTS) is 1. The molecule has 1 aromatic heterocycles. The van der Waals surface area contributed by atoms with Crippen molar-refractivity contribution >= 4 is 22.7 Å². The number of ether oxygens (including phenoxy) is 1. The predicted molar refractivity (Wildman–Crippen MR) is 71.8 cm³/mol. The normalized spacial score (nSPS) is 14.1. The molecule has 8 nitrogen and oxygen atoms in total. The molecule has 3 rings (SSSR count). The molecule has 0 aliphatic heterocycles. The van der Waals surface area contributed by atoms with Gasteiger partial charge >= 0.3 is 6.16 Å². The number of non-ortho nitro benzene ring substituents is 1. The number of pyridine rings is 1. The highest BCUT2D eigenvalue weighted by molar-refractivity contribution is 5.83. The smallest absolute Gasteiger partial charge is 0.449 e. The lowest BCUT2D eigenvalue weighted by Gasteiger charge is -2.11. The molecule has 0 unspecified atom stereocenters. The summed E-state index contributed by atoms with van der Waals surface area (Å²) in [6.07, 6.45) is 1.56. The zero-order chi connectivity index (χ0) is 15.1. The third kappa shape index (κ3) is 2.31. The summed E-state index contributed by atoms with van der Waals surface area (Å²) >= 11 is 0. The van der Waals surface area contributed by atoms with E-state index in [9.17, 15) is 19.7 Å². The number of aromatic nitrogens is 1. The molecule has 0 amide bonds. The second-order valence-corrected chi connectivity index (χ2v) is 4.79. The number of nitrogens with zero attached hydrogens (tertiary/aromatic N) is 2. The summed E-state index contributed by atoms with van der Waals surface area (Å²) in [5, 5.41) is 19.6. The minimum atomic E-state index is -1.60. The Kier molecular flexibility index (Phi) is 2.86. The minimum absolute atomic E-state index is 0.0786. The van der Waals surface area contributed by atoms with Gasteiger partial charge in [-0.1, -0.05) is 0 Å². The average Bonchev–Trinajstić information content (AvgIpc) is 3.25. The molecule has 2 aromatic rings.